The van der Waals surface area contributed by atoms with Gasteiger partial charge in [-0.25, -0.2) is 4.79 Å². The first-order valence-corrected chi connectivity index (χ1v) is 10.5. The summed E-state index contributed by atoms with van der Waals surface area (Å²) in [5.74, 6) is 1.77. The highest BCUT2D eigenvalue weighted by atomic mass is 16.2. The van der Waals surface area contributed by atoms with Gasteiger partial charge >= 0.3 is 6.03 Å². The van der Waals surface area contributed by atoms with Crippen molar-refractivity contribution in [3.63, 3.8) is 0 Å². The standard InChI is InChI=1S/C23H28N2O3/c1-14-3-5-18(6-4-14)22(2)20(27)25(21(28)24-22)13-19(26)23-10-15-7-16(11-23)9-17(8-15)12-23/h3-6,15-17H,7-13H2,1-2H3,(H,24,28)/t15?,16?,17?,22-,23?/m1/s1. The number of amides is 3. The Morgan fingerprint density at radius 3 is 2.11 bits per heavy atom. The van der Waals surface area contributed by atoms with E-state index in [0.717, 1.165) is 35.3 Å². The summed E-state index contributed by atoms with van der Waals surface area (Å²) in [5.41, 5.74) is 0.448. The van der Waals surface area contributed by atoms with Gasteiger partial charge in [-0.2, -0.15) is 0 Å². The Bertz CT molecular complexity index is 824. The smallest absolute Gasteiger partial charge is 0.319 e. The molecule has 28 heavy (non-hydrogen) atoms. The number of nitrogens with zero attached hydrogens (tertiary/aromatic N) is 1. The van der Waals surface area contributed by atoms with Crippen LogP contribution in [0.3, 0.4) is 0 Å². The van der Waals surface area contributed by atoms with Crippen molar-refractivity contribution in [2.24, 2.45) is 23.2 Å². The molecule has 1 heterocycles. The molecule has 1 aromatic carbocycles. The van der Waals surface area contributed by atoms with Gasteiger partial charge in [0, 0.05) is 5.41 Å². The lowest BCUT2D eigenvalue weighted by Gasteiger charge is -2.56. The van der Waals surface area contributed by atoms with Crippen LogP contribution in [0.2, 0.25) is 0 Å². The quantitative estimate of drug-likeness (QED) is 0.813. The highest BCUT2D eigenvalue weighted by Gasteiger charge is 2.56. The minimum atomic E-state index is -1.10. The molecule has 0 unspecified atom stereocenters. The first-order valence-electron chi connectivity index (χ1n) is 10.5. The summed E-state index contributed by atoms with van der Waals surface area (Å²) in [6.07, 6.45) is 6.66. The molecule has 1 saturated heterocycles. The predicted molar refractivity (Wildman–Crippen MR) is 104 cm³/mol. The van der Waals surface area contributed by atoms with Crippen molar-refractivity contribution in [2.75, 3.05) is 6.54 Å². The summed E-state index contributed by atoms with van der Waals surface area (Å²) in [4.78, 5) is 40.3. The molecular formula is C23H28N2O3. The monoisotopic (exact) mass is 380 g/mol. The van der Waals surface area contributed by atoms with Crippen molar-refractivity contribution in [1.82, 2.24) is 10.2 Å². The molecule has 0 radical (unpaired) electrons. The van der Waals surface area contributed by atoms with Crippen molar-refractivity contribution in [2.45, 2.75) is 57.9 Å². The highest BCUT2D eigenvalue weighted by molar-refractivity contribution is 6.09. The van der Waals surface area contributed by atoms with Crippen molar-refractivity contribution < 1.29 is 14.4 Å². The van der Waals surface area contributed by atoms with Crippen LogP contribution in [-0.2, 0) is 15.1 Å². The minimum absolute atomic E-state index is 0.0850. The molecule has 0 spiro atoms. The summed E-state index contributed by atoms with van der Waals surface area (Å²) in [7, 11) is 0. The van der Waals surface area contributed by atoms with E-state index in [2.05, 4.69) is 5.32 Å². The zero-order chi connectivity index (χ0) is 19.7. The van der Waals surface area contributed by atoms with Gasteiger partial charge in [0.25, 0.3) is 5.91 Å². The summed E-state index contributed by atoms with van der Waals surface area (Å²) in [6, 6.07) is 7.16. The van der Waals surface area contributed by atoms with Crippen LogP contribution >= 0.6 is 0 Å². The largest absolute Gasteiger partial charge is 0.325 e. The lowest BCUT2D eigenvalue weighted by atomic mass is 9.48. The van der Waals surface area contributed by atoms with Gasteiger partial charge in [0.2, 0.25) is 0 Å². The van der Waals surface area contributed by atoms with Crippen molar-refractivity contribution >= 4 is 17.7 Å². The number of imide groups is 1. The van der Waals surface area contributed by atoms with Gasteiger partial charge in [0.05, 0.1) is 6.54 Å². The molecule has 1 N–H and O–H groups in total. The number of carbonyl (C=O) groups is 3. The van der Waals surface area contributed by atoms with E-state index in [-0.39, 0.29) is 23.7 Å². The Morgan fingerprint density at radius 1 is 1.04 bits per heavy atom. The number of nitrogens with one attached hydrogen (secondary N) is 1. The van der Waals surface area contributed by atoms with E-state index < -0.39 is 11.6 Å². The molecule has 4 aliphatic carbocycles. The number of hydrogen-bond acceptors (Lipinski definition) is 3. The molecule has 1 aliphatic heterocycles. The van der Waals surface area contributed by atoms with E-state index in [1.165, 1.54) is 19.3 Å². The number of Topliss-reactive ketones (excluding diaryl/α,β-unsaturated/α-hetero) is 1. The summed E-state index contributed by atoms with van der Waals surface area (Å²) in [5, 5.41) is 2.83. The fraction of sp³-hybridized carbons (Fsp3) is 0.609. The van der Waals surface area contributed by atoms with Gasteiger partial charge in [-0.05, 0) is 75.7 Å². The van der Waals surface area contributed by atoms with E-state index in [4.69, 9.17) is 0 Å². The highest BCUT2D eigenvalue weighted by Crippen LogP contribution is 2.60. The molecule has 5 nitrogen and oxygen atoms in total. The zero-order valence-electron chi connectivity index (χ0n) is 16.7. The molecule has 1 atom stereocenters. The van der Waals surface area contributed by atoms with Gasteiger partial charge in [-0.15, -0.1) is 0 Å². The van der Waals surface area contributed by atoms with Crippen molar-refractivity contribution in [3.8, 4) is 0 Å². The average molecular weight is 380 g/mol. The second-order valence-corrected chi connectivity index (χ2v) is 9.93. The number of carbonyl (C=O) groups excluding carboxylic acids is 3. The molecule has 5 aliphatic rings. The molecule has 5 fully saturated rings. The number of rotatable bonds is 4. The summed E-state index contributed by atoms with van der Waals surface area (Å²) in [6.45, 7) is 3.63. The van der Waals surface area contributed by atoms with Gasteiger partial charge < -0.3 is 5.32 Å². The fourth-order valence-electron chi connectivity index (χ4n) is 6.69. The van der Waals surface area contributed by atoms with Crippen LogP contribution in [0.5, 0.6) is 0 Å². The molecule has 1 aromatic rings. The first kappa shape index (κ1) is 17.9. The van der Waals surface area contributed by atoms with Gasteiger partial charge in [-0.1, -0.05) is 29.8 Å². The number of hydrogen-bond donors (Lipinski definition) is 1. The van der Waals surface area contributed by atoms with E-state index in [9.17, 15) is 14.4 Å². The second-order valence-electron chi connectivity index (χ2n) is 9.93. The molecule has 5 heteroatoms. The molecule has 3 amide bonds. The topological polar surface area (TPSA) is 66.5 Å². The SMILES string of the molecule is Cc1ccc([C@@]2(C)NC(=O)N(CC(=O)C34CC5CC(CC(C5)C3)C4)C2=O)cc1. The Hall–Kier alpha value is -2.17. The minimum Gasteiger partial charge on any atom is -0.319 e. The molecule has 0 aromatic heterocycles. The second kappa shape index (κ2) is 5.91. The third-order valence-electron chi connectivity index (χ3n) is 7.84. The molecular weight excluding hydrogens is 352 g/mol. The first-order chi connectivity index (χ1) is 13.3. The summed E-state index contributed by atoms with van der Waals surface area (Å²) < 4.78 is 0. The van der Waals surface area contributed by atoms with Crippen molar-refractivity contribution in [1.29, 1.82) is 0 Å². The van der Waals surface area contributed by atoms with Crippen LogP contribution in [0.4, 0.5) is 4.79 Å². The van der Waals surface area contributed by atoms with E-state index in [1.807, 2.05) is 31.2 Å². The van der Waals surface area contributed by atoms with E-state index in [1.54, 1.807) is 6.92 Å². The zero-order valence-corrected chi connectivity index (χ0v) is 16.7. The molecule has 148 valence electrons. The van der Waals surface area contributed by atoms with Crippen molar-refractivity contribution in [3.05, 3.63) is 35.4 Å². The maximum Gasteiger partial charge on any atom is 0.325 e. The van der Waals surface area contributed by atoms with Crippen LogP contribution in [-0.4, -0.2) is 29.2 Å². The average Bonchev–Trinajstić information content (AvgIpc) is 2.85. The lowest BCUT2D eigenvalue weighted by Crippen LogP contribution is -2.53. The van der Waals surface area contributed by atoms with Gasteiger partial charge in [0.15, 0.2) is 5.78 Å². The number of aryl methyl sites for hydroxylation is 1. The Balaban J connectivity index is 1.37. The maximum atomic E-state index is 13.4. The van der Waals surface area contributed by atoms with Gasteiger partial charge in [-0.3, -0.25) is 14.5 Å². The third-order valence-corrected chi connectivity index (χ3v) is 7.84. The van der Waals surface area contributed by atoms with Crippen LogP contribution in [0.1, 0.15) is 56.6 Å². The van der Waals surface area contributed by atoms with Crippen LogP contribution in [0.15, 0.2) is 24.3 Å². The molecule has 6 rings (SSSR count). The lowest BCUT2D eigenvalue weighted by molar-refractivity contribution is -0.147. The number of benzene rings is 1. The molecule has 4 saturated carbocycles. The van der Waals surface area contributed by atoms with Crippen LogP contribution in [0.25, 0.3) is 0 Å². The van der Waals surface area contributed by atoms with Crippen LogP contribution < -0.4 is 5.32 Å². The Labute approximate surface area is 165 Å². The number of ketones is 1. The van der Waals surface area contributed by atoms with E-state index in [0.29, 0.717) is 17.8 Å². The summed E-state index contributed by atoms with van der Waals surface area (Å²) >= 11 is 0. The maximum absolute atomic E-state index is 13.4. The van der Waals surface area contributed by atoms with E-state index >= 15 is 0 Å². The normalized spacial score (nSPS) is 38.8. The molecule has 4 bridgehead atoms. The Kier molecular flexibility index (Phi) is 3.78. The van der Waals surface area contributed by atoms with Crippen LogP contribution in [0, 0.1) is 30.1 Å². The number of urea groups is 1. The predicted octanol–water partition coefficient (Wildman–Crippen LogP) is 3.55. The fourth-order valence-corrected chi connectivity index (χ4v) is 6.69. The Morgan fingerprint density at radius 2 is 1.57 bits per heavy atom. The third kappa shape index (κ3) is 2.55. The van der Waals surface area contributed by atoms with Gasteiger partial charge in [0.1, 0.15) is 5.54 Å².